The van der Waals surface area contributed by atoms with Crippen LogP contribution in [0.2, 0.25) is 10.0 Å². The first kappa shape index (κ1) is 27.4. The van der Waals surface area contributed by atoms with E-state index in [0.29, 0.717) is 48.4 Å². The molecule has 1 saturated heterocycles. The molecule has 0 unspecified atom stereocenters. The van der Waals surface area contributed by atoms with Crippen molar-refractivity contribution in [2.75, 3.05) is 5.32 Å². The van der Waals surface area contributed by atoms with Crippen LogP contribution in [0.25, 0.3) is 0 Å². The van der Waals surface area contributed by atoms with Gasteiger partial charge in [-0.05, 0) is 66.8 Å². The van der Waals surface area contributed by atoms with Gasteiger partial charge in [0.1, 0.15) is 11.2 Å². The highest BCUT2D eigenvalue weighted by atomic mass is 35.5. The smallest absolute Gasteiger partial charge is 0.238 e. The monoisotopic (exact) mass is 561 g/mol. The largest absolute Gasteiger partial charge is 0.393 e. The Morgan fingerprint density at radius 2 is 1.87 bits per heavy atom. The van der Waals surface area contributed by atoms with Crippen LogP contribution in [0.1, 0.15) is 69.9 Å². The van der Waals surface area contributed by atoms with Crippen molar-refractivity contribution < 1.29 is 19.1 Å². The fourth-order valence-corrected chi connectivity index (χ4v) is 7.02. The van der Waals surface area contributed by atoms with E-state index >= 15 is 4.39 Å². The number of carbonyl (C=O) groups excluding carboxylic acids is 2. The number of benzene rings is 2. The maximum atomic E-state index is 15.8. The Morgan fingerprint density at radius 1 is 1.16 bits per heavy atom. The molecule has 1 spiro atoms. The Hall–Kier alpha value is -2.19. The van der Waals surface area contributed by atoms with Crippen LogP contribution in [0.15, 0.2) is 36.4 Å². The summed E-state index contributed by atoms with van der Waals surface area (Å²) in [6.45, 7) is 6.23. The fraction of sp³-hybridized carbons (Fsp3) is 0.517. The molecule has 3 aliphatic rings. The van der Waals surface area contributed by atoms with E-state index in [2.05, 4.69) is 36.7 Å². The fourth-order valence-electron chi connectivity index (χ4n) is 6.66. The van der Waals surface area contributed by atoms with E-state index in [1.54, 1.807) is 24.3 Å². The van der Waals surface area contributed by atoms with Crippen molar-refractivity contribution in [1.82, 2.24) is 10.6 Å². The zero-order valence-electron chi connectivity index (χ0n) is 21.8. The first-order valence-electron chi connectivity index (χ1n) is 13.2. The molecular weight excluding hydrogens is 528 g/mol. The molecule has 4 atom stereocenters. The number of aliphatic hydroxyl groups is 1. The van der Waals surface area contributed by atoms with Gasteiger partial charge in [0.15, 0.2) is 0 Å². The van der Waals surface area contributed by atoms with Crippen molar-refractivity contribution in [3.05, 3.63) is 63.4 Å². The quantitative estimate of drug-likeness (QED) is 0.407. The second-order valence-corrected chi connectivity index (χ2v) is 13.0. The molecule has 204 valence electrons. The molecule has 1 saturated carbocycles. The molecule has 0 aromatic heterocycles. The van der Waals surface area contributed by atoms with Crippen molar-refractivity contribution in [3.8, 4) is 0 Å². The normalized spacial score (nSPS) is 30.8. The molecule has 5 rings (SSSR count). The molecule has 4 N–H and O–H groups in total. The number of hydrogen-bond donors (Lipinski definition) is 4. The maximum Gasteiger partial charge on any atom is 0.238 e. The van der Waals surface area contributed by atoms with E-state index in [4.69, 9.17) is 23.2 Å². The highest BCUT2D eigenvalue weighted by molar-refractivity contribution is 6.31. The Kier molecular flexibility index (Phi) is 7.27. The second-order valence-electron chi connectivity index (χ2n) is 12.1. The molecule has 6 nitrogen and oxygen atoms in total. The van der Waals surface area contributed by atoms with Gasteiger partial charge in [-0.1, -0.05) is 62.2 Å². The van der Waals surface area contributed by atoms with Crippen LogP contribution >= 0.6 is 23.2 Å². The molecule has 9 heteroatoms. The van der Waals surface area contributed by atoms with Crippen LogP contribution in [0.4, 0.5) is 10.1 Å². The lowest BCUT2D eigenvalue weighted by atomic mass is 9.62. The van der Waals surface area contributed by atoms with Gasteiger partial charge in [-0.15, -0.1) is 0 Å². The number of carbonyl (C=O) groups is 2. The summed E-state index contributed by atoms with van der Waals surface area (Å²) < 4.78 is 15.8. The first-order valence-corrected chi connectivity index (χ1v) is 14.0. The number of rotatable bonds is 4. The SMILES string of the molecule is CC(C)(C)C[C@H]1N[C@H](C(=O)N[C@H]2CC[C@H](O)CC2)[C@H](c2cccc(Cl)c2F)[C@@]12C(=O)Nc1cc(Cl)ccc12. The molecule has 2 aromatic rings. The molecule has 2 heterocycles. The molecule has 0 bridgehead atoms. The Balaban J connectivity index is 1.67. The Labute approximate surface area is 232 Å². The first-order chi connectivity index (χ1) is 17.9. The second kappa shape index (κ2) is 10.1. The third-order valence-corrected chi connectivity index (χ3v) is 8.79. The van der Waals surface area contributed by atoms with Crippen LogP contribution in [0.3, 0.4) is 0 Å². The van der Waals surface area contributed by atoms with Gasteiger partial charge in [0.25, 0.3) is 0 Å². The van der Waals surface area contributed by atoms with E-state index in [9.17, 15) is 14.7 Å². The summed E-state index contributed by atoms with van der Waals surface area (Å²) >= 11 is 12.5. The average molecular weight is 563 g/mol. The van der Waals surface area contributed by atoms with E-state index in [1.165, 1.54) is 6.07 Å². The van der Waals surface area contributed by atoms with Gasteiger partial charge >= 0.3 is 0 Å². The number of hydrogen-bond acceptors (Lipinski definition) is 4. The highest BCUT2D eigenvalue weighted by Crippen LogP contribution is 2.57. The van der Waals surface area contributed by atoms with Crippen molar-refractivity contribution in [2.24, 2.45) is 5.41 Å². The van der Waals surface area contributed by atoms with Crippen LogP contribution in [0.5, 0.6) is 0 Å². The van der Waals surface area contributed by atoms with Gasteiger partial charge in [0.2, 0.25) is 11.8 Å². The lowest BCUT2D eigenvalue weighted by Gasteiger charge is -2.38. The van der Waals surface area contributed by atoms with Crippen LogP contribution in [0, 0.1) is 11.2 Å². The summed E-state index contributed by atoms with van der Waals surface area (Å²) in [5.74, 6) is -2.09. The summed E-state index contributed by atoms with van der Waals surface area (Å²) in [5.41, 5.74) is -0.00278. The zero-order valence-corrected chi connectivity index (χ0v) is 23.3. The minimum Gasteiger partial charge on any atom is -0.393 e. The topological polar surface area (TPSA) is 90.5 Å². The third-order valence-electron chi connectivity index (χ3n) is 8.26. The number of fused-ring (bicyclic) bond motifs is 2. The molecule has 2 aliphatic heterocycles. The zero-order chi connectivity index (χ0) is 27.4. The summed E-state index contributed by atoms with van der Waals surface area (Å²) in [7, 11) is 0. The highest BCUT2D eigenvalue weighted by Gasteiger charge is 2.66. The number of nitrogens with one attached hydrogen (secondary N) is 3. The van der Waals surface area contributed by atoms with Crippen LogP contribution in [-0.4, -0.2) is 41.2 Å². The summed E-state index contributed by atoms with van der Waals surface area (Å²) in [5, 5.41) is 19.9. The molecule has 1 aliphatic carbocycles. The number of amides is 2. The average Bonchev–Trinajstić information content (AvgIpc) is 3.31. The van der Waals surface area contributed by atoms with Crippen molar-refractivity contribution in [2.45, 2.75) is 88.4 Å². The van der Waals surface area contributed by atoms with Crippen molar-refractivity contribution in [3.63, 3.8) is 0 Å². The summed E-state index contributed by atoms with van der Waals surface area (Å²) in [4.78, 5) is 28.1. The van der Waals surface area contributed by atoms with E-state index in [0.717, 1.165) is 0 Å². The van der Waals surface area contributed by atoms with Gasteiger partial charge in [-0.3, -0.25) is 9.59 Å². The molecule has 2 amide bonds. The summed E-state index contributed by atoms with van der Waals surface area (Å²) in [6, 6.07) is 8.50. The Bertz CT molecular complexity index is 1260. The molecule has 38 heavy (non-hydrogen) atoms. The maximum absolute atomic E-state index is 15.8. The minimum atomic E-state index is -1.27. The lowest BCUT2D eigenvalue weighted by molar-refractivity contribution is -0.124. The lowest BCUT2D eigenvalue weighted by Crippen LogP contribution is -2.50. The standard InChI is InChI=1S/C29H34Cl2FN3O3/c1-28(2,3)14-22-29(19-12-7-15(30)13-21(19)34-27(29)38)23(18-5-4-6-20(31)24(18)32)25(35-22)26(37)33-16-8-10-17(36)11-9-16/h4-7,12-13,16-17,22-23,25,35-36H,8-11,14H2,1-3H3,(H,33,37)(H,34,38)/t16-,17-,22-,23+,25+,29+/m1/s1. The van der Waals surface area contributed by atoms with Crippen LogP contribution < -0.4 is 16.0 Å². The van der Waals surface area contributed by atoms with Gasteiger partial charge in [0, 0.05) is 28.7 Å². The number of aliphatic hydroxyl groups excluding tert-OH is 1. The molecular formula is C29H34Cl2FN3O3. The van der Waals surface area contributed by atoms with Crippen molar-refractivity contribution >= 4 is 40.7 Å². The molecule has 2 aromatic carbocycles. The van der Waals surface area contributed by atoms with Gasteiger partial charge in [0.05, 0.1) is 17.2 Å². The van der Waals surface area contributed by atoms with Gasteiger partial charge in [-0.2, -0.15) is 0 Å². The van der Waals surface area contributed by atoms with E-state index in [-0.39, 0.29) is 40.0 Å². The van der Waals surface area contributed by atoms with Gasteiger partial charge < -0.3 is 21.1 Å². The Morgan fingerprint density at radius 3 is 2.55 bits per heavy atom. The minimum absolute atomic E-state index is 0.0629. The van der Waals surface area contributed by atoms with Crippen molar-refractivity contribution in [1.29, 1.82) is 0 Å². The predicted octanol–water partition coefficient (Wildman–Crippen LogP) is 5.30. The number of anilines is 1. The molecule has 2 fully saturated rings. The van der Waals surface area contributed by atoms with E-state index in [1.807, 2.05) is 6.07 Å². The van der Waals surface area contributed by atoms with E-state index < -0.39 is 29.2 Å². The third kappa shape index (κ3) is 4.72. The summed E-state index contributed by atoms with van der Waals surface area (Å²) in [6.07, 6.45) is 2.75. The molecule has 0 radical (unpaired) electrons. The number of halogens is 3. The van der Waals surface area contributed by atoms with Crippen LogP contribution in [-0.2, 0) is 15.0 Å². The van der Waals surface area contributed by atoms with Gasteiger partial charge in [-0.25, -0.2) is 4.39 Å². The predicted molar refractivity (Wildman–Crippen MR) is 147 cm³/mol.